The average molecular weight is 634 g/mol. The molecule has 0 aliphatic heterocycles. The van der Waals surface area contributed by atoms with Crippen LogP contribution in [-0.2, 0) is 46.1 Å². The van der Waals surface area contributed by atoms with Crippen molar-refractivity contribution in [1.82, 2.24) is 15.7 Å². The molecule has 0 spiro atoms. The number of anilines is 1. The zero-order chi connectivity index (χ0) is 32.4. The van der Waals surface area contributed by atoms with Gasteiger partial charge in [0, 0.05) is 18.4 Å². The molecule has 0 aliphatic rings. The summed E-state index contributed by atoms with van der Waals surface area (Å²) in [6.45, 7) is 7.11. The topological polar surface area (TPSA) is 169 Å². The molecule has 0 atom stereocenters. The molecule has 0 radical (unpaired) electrons. The first-order valence-electron chi connectivity index (χ1n) is 16.4. The Labute approximate surface area is 268 Å². The van der Waals surface area contributed by atoms with E-state index in [0.717, 1.165) is 49.6 Å². The second-order valence-electron chi connectivity index (χ2n) is 10.8. The summed E-state index contributed by atoms with van der Waals surface area (Å²) in [7, 11) is 0. The summed E-state index contributed by atoms with van der Waals surface area (Å²) in [4.78, 5) is 27.7. The minimum absolute atomic E-state index is 0.00501. The van der Waals surface area contributed by atoms with Crippen molar-refractivity contribution in [2.45, 2.75) is 71.1 Å². The van der Waals surface area contributed by atoms with Gasteiger partial charge in [-0.05, 0) is 55.4 Å². The Morgan fingerprint density at radius 3 is 1.87 bits per heavy atom. The van der Waals surface area contributed by atoms with Crippen molar-refractivity contribution in [2.75, 3.05) is 78.3 Å². The van der Waals surface area contributed by atoms with E-state index < -0.39 is 0 Å². The Hall–Kier alpha value is -2.87. The van der Waals surface area contributed by atoms with Crippen molar-refractivity contribution in [3.05, 3.63) is 35.4 Å². The monoisotopic (exact) mass is 633 g/mol. The molecule has 12 nitrogen and oxygen atoms in total. The molecule has 1 aromatic heterocycles. The van der Waals surface area contributed by atoms with Crippen LogP contribution >= 0.6 is 0 Å². The van der Waals surface area contributed by atoms with Crippen LogP contribution in [0.15, 0.2) is 24.3 Å². The fraction of sp³-hybridized carbons (Fsp3) is 0.667. The van der Waals surface area contributed by atoms with Crippen molar-refractivity contribution in [1.29, 1.82) is 0 Å². The third-order valence-electron chi connectivity index (χ3n) is 7.15. The van der Waals surface area contributed by atoms with Gasteiger partial charge in [-0.25, -0.2) is 10.8 Å². The van der Waals surface area contributed by atoms with Gasteiger partial charge < -0.3 is 34.7 Å². The van der Waals surface area contributed by atoms with Gasteiger partial charge in [0.15, 0.2) is 0 Å². The Morgan fingerprint density at radius 2 is 1.27 bits per heavy atom. The first kappa shape index (κ1) is 38.3. The van der Waals surface area contributed by atoms with E-state index in [1.807, 2.05) is 11.5 Å². The molecule has 0 aliphatic carbocycles. The average Bonchev–Trinajstić information content (AvgIpc) is 3.04. The highest BCUT2D eigenvalue weighted by Gasteiger charge is 2.08. The van der Waals surface area contributed by atoms with Crippen LogP contribution in [0.3, 0.4) is 0 Å². The second kappa shape index (κ2) is 25.3. The Morgan fingerprint density at radius 1 is 0.711 bits per heavy atom. The lowest BCUT2D eigenvalue weighted by atomic mass is 9.99. The number of amides is 2. The molecule has 0 saturated carbocycles. The number of fused-ring (bicyclic) bond motifs is 1. The van der Waals surface area contributed by atoms with Crippen LogP contribution < -0.4 is 22.3 Å². The lowest BCUT2D eigenvalue weighted by Crippen LogP contribution is -2.30. The number of nitrogens with one attached hydrogen (secondary N) is 2. The van der Waals surface area contributed by atoms with Crippen molar-refractivity contribution in [3.63, 3.8) is 0 Å². The van der Waals surface area contributed by atoms with Crippen molar-refractivity contribution < 1.29 is 33.3 Å². The van der Waals surface area contributed by atoms with E-state index in [1.165, 1.54) is 23.8 Å². The van der Waals surface area contributed by atoms with E-state index in [1.54, 1.807) is 0 Å². The molecular formula is C33H55N5O7. The fourth-order valence-corrected chi connectivity index (χ4v) is 4.61. The number of aromatic nitrogens is 1. The van der Waals surface area contributed by atoms with Crippen LogP contribution in [0, 0.1) is 0 Å². The zero-order valence-electron chi connectivity index (χ0n) is 27.1. The maximum absolute atomic E-state index is 12.1. The van der Waals surface area contributed by atoms with Crippen LogP contribution in [0.25, 0.3) is 10.9 Å². The summed E-state index contributed by atoms with van der Waals surface area (Å²) >= 11 is 0. The molecule has 1 aromatic carbocycles. The molecule has 2 aromatic rings. The normalized spacial score (nSPS) is 11.2. The van der Waals surface area contributed by atoms with Crippen LogP contribution in [0.5, 0.6) is 0 Å². The van der Waals surface area contributed by atoms with Gasteiger partial charge in [-0.2, -0.15) is 0 Å². The van der Waals surface area contributed by atoms with E-state index in [9.17, 15) is 9.59 Å². The minimum atomic E-state index is -0.260. The minimum Gasteiger partial charge on any atom is -0.383 e. The number of hydrogen-bond donors (Lipinski definition) is 4. The molecule has 6 N–H and O–H groups in total. The predicted molar refractivity (Wildman–Crippen MR) is 176 cm³/mol. The second-order valence-corrected chi connectivity index (χ2v) is 10.8. The SMILES string of the molecule is CCCCCc1cc2c(CCCCCNC(=O)CCOCCOCCOCCOCCOCCC(=O)NN)cccc2nc1N. The quantitative estimate of drug-likeness (QED) is 0.0472. The highest BCUT2D eigenvalue weighted by Crippen LogP contribution is 2.24. The number of unbranched alkanes of at least 4 members (excludes halogenated alkanes) is 4. The summed E-state index contributed by atoms with van der Waals surface area (Å²) in [6, 6.07) is 8.51. The molecular weight excluding hydrogens is 578 g/mol. The number of rotatable bonds is 28. The van der Waals surface area contributed by atoms with Crippen molar-refractivity contribution in [3.8, 4) is 0 Å². The van der Waals surface area contributed by atoms with Crippen molar-refractivity contribution >= 4 is 28.5 Å². The Balaban J connectivity index is 1.39. The van der Waals surface area contributed by atoms with Crippen LogP contribution in [0.2, 0.25) is 0 Å². The number of aryl methyl sites for hydroxylation is 2. The van der Waals surface area contributed by atoms with Crippen LogP contribution in [0.1, 0.15) is 69.4 Å². The molecule has 2 rings (SSSR count). The van der Waals surface area contributed by atoms with E-state index in [4.69, 9.17) is 35.3 Å². The molecule has 254 valence electrons. The van der Waals surface area contributed by atoms with E-state index >= 15 is 0 Å². The molecule has 2 amide bonds. The number of nitrogens with two attached hydrogens (primary N) is 2. The van der Waals surface area contributed by atoms with E-state index in [2.05, 4.69) is 35.4 Å². The largest absolute Gasteiger partial charge is 0.383 e. The molecule has 12 heteroatoms. The molecule has 0 bridgehead atoms. The number of benzene rings is 1. The van der Waals surface area contributed by atoms with Gasteiger partial charge in [-0.3, -0.25) is 15.0 Å². The number of pyridine rings is 1. The summed E-state index contributed by atoms with van der Waals surface area (Å²) < 4.78 is 27.0. The molecule has 0 unspecified atom stereocenters. The smallest absolute Gasteiger partial charge is 0.236 e. The third kappa shape index (κ3) is 18.0. The lowest BCUT2D eigenvalue weighted by molar-refractivity contribution is -0.123. The number of nitrogen functional groups attached to an aromatic ring is 1. The van der Waals surface area contributed by atoms with E-state index in [-0.39, 0.29) is 18.2 Å². The molecule has 45 heavy (non-hydrogen) atoms. The van der Waals surface area contributed by atoms with Crippen LogP contribution in [-0.4, -0.2) is 89.4 Å². The Bertz CT molecular complexity index is 1090. The summed E-state index contributed by atoms with van der Waals surface area (Å²) in [6.07, 6.45) is 9.09. The lowest BCUT2D eigenvalue weighted by Gasteiger charge is -2.11. The maximum atomic E-state index is 12.1. The maximum Gasteiger partial charge on any atom is 0.236 e. The summed E-state index contributed by atoms with van der Waals surface area (Å²) in [5.41, 5.74) is 11.7. The number of nitrogens with zero attached hydrogens (tertiary/aromatic N) is 1. The van der Waals surface area contributed by atoms with Gasteiger partial charge in [0.05, 0.1) is 78.0 Å². The van der Waals surface area contributed by atoms with Gasteiger partial charge in [-0.15, -0.1) is 0 Å². The van der Waals surface area contributed by atoms with Gasteiger partial charge in [0.25, 0.3) is 0 Å². The molecule has 1 heterocycles. The van der Waals surface area contributed by atoms with Gasteiger partial charge in [0.2, 0.25) is 11.8 Å². The third-order valence-corrected chi connectivity index (χ3v) is 7.15. The van der Waals surface area contributed by atoms with Crippen LogP contribution in [0.4, 0.5) is 5.82 Å². The number of carbonyl (C=O) groups excluding carboxylic acids is 2. The fourth-order valence-electron chi connectivity index (χ4n) is 4.61. The zero-order valence-corrected chi connectivity index (χ0v) is 27.1. The standard InChI is InChI=1S/C33H55N5O7/c1-2-3-5-10-28-26-29-27(11-8-12-30(29)37-33(28)34)9-6-4-7-15-36-31(39)13-16-41-18-20-43-22-24-45-25-23-44-21-19-42-17-14-32(40)38-35/h8,11-12,26H,2-7,9-10,13-25,35H2,1H3,(H2,34,37)(H,36,39)(H,38,40). The number of hydrazine groups is 1. The van der Waals surface area contributed by atoms with Gasteiger partial charge in [0.1, 0.15) is 5.82 Å². The summed E-state index contributed by atoms with van der Waals surface area (Å²) in [5.74, 6) is 5.38. The number of hydrogen-bond acceptors (Lipinski definition) is 10. The molecule has 0 saturated heterocycles. The highest BCUT2D eigenvalue weighted by molar-refractivity contribution is 5.84. The Kier molecular flexibility index (Phi) is 21.6. The first-order valence-corrected chi connectivity index (χ1v) is 16.4. The highest BCUT2D eigenvalue weighted by atomic mass is 16.6. The van der Waals surface area contributed by atoms with Gasteiger partial charge in [-0.1, -0.05) is 38.3 Å². The van der Waals surface area contributed by atoms with Gasteiger partial charge >= 0.3 is 0 Å². The molecule has 0 fully saturated rings. The predicted octanol–water partition coefficient (Wildman–Crippen LogP) is 3.23. The number of ether oxygens (including phenoxy) is 5. The van der Waals surface area contributed by atoms with E-state index in [0.29, 0.717) is 84.9 Å². The summed E-state index contributed by atoms with van der Waals surface area (Å²) in [5, 5.41) is 4.19. The number of carbonyl (C=O) groups is 2. The first-order chi connectivity index (χ1) is 22.0. The van der Waals surface area contributed by atoms with Crippen molar-refractivity contribution in [2.24, 2.45) is 5.84 Å².